The first-order chi connectivity index (χ1) is 7.83. The van der Waals surface area contributed by atoms with Crippen LogP contribution in [-0.4, -0.2) is 11.0 Å². The van der Waals surface area contributed by atoms with Gasteiger partial charge in [0, 0.05) is 12.2 Å². The molecule has 16 heavy (non-hydrogen) atoms. The van der Waals surface area contributed by atoms with E-state index in [0.717, 1.165) is 22.7 Å². The molecule has 0 bridgehead atoms. The standard InChI is InChI=1S/C13H16N2O/c1-9-2-3-10(8-9)15-13-11-5-7-16-12(11)4-6-14-13/h4-7,9-10H,2-3,8H2,1H3,(H,14,15). The van der Waals surface area contributed by atoms with Gasteiger partial charge in [0.25, 0.3) is 0 Å². The number of hydrogen-bond donors (Lipinski definition) is 1. The zero-order chi connectivity index (χ0) is 11.0. The van der Waals surface area contributed by atoms with E-state index in [1.54, 1.807) is 12.5 Å². The Morgan fingerprint density at radius 2 is 2.31 bits per heavy atom. The summed E-state index contributed by atoms with van der Waals surface area (Å²) in [4.78, 5) is 4.40. The fourth-order valence-electron chi connectivity index (χ4n) is 2.54. The van der Waals surface area contributed by atoms with E-state index in [1.165, 1.54) is 19.3 Å². The van der Waals surface area contributed by atoms with Crippen LogP contribution in [0.2, 0.25) is 0 Å². The van der Waals surface area contributed by atoms with Gasteiger partial charge < -0.3 is 9.73 Å². The van der Waals surface area contributed by atoms with Crippen molar-refractivity contribution in [1.82, 2.24) is 4.98 Å². The minimum atomic E-state index is 0.572. The Hall–Kier alpha value is -1.51. The normalized spacial score (nSPS) is 25.1. The lowest BCUT2D eigenvalue weighted by Gasteiger charge is -2.13. The number of rotatable bonds is 2. The number of fused-ring (bicyclic) bond motifs is 1. The monoisotopic (exact) mass is 216 g/mol. The SMILES string of the molecule is CC1CCC(Nc2nccc3occc23)C1. The highest BCUT2D eigenvalue weighted by Crippen LogP contribution is 2.29. The largest absolute Gasteiger partial charge is 0.464 e. The first-order valence-corrected chi connectivity index (χ1v) is 5.91. The molecule has 1 aliphatic carbocycles. The molecular weight excluding hydrogens is 200 g/mol. The van der Waals surface area contributed by atoms with E-state index in [-0.39, 0.29) is 0 Å². The van der Waals surface area contributed by atoms with Gasteiger partial charge in [-0.3, -0.25) is 0 Å². The predicted molar refractivity (Wildman–Crippen MR) is 64.4 cm³/mol. The number of anilines is 1. The second-order valence-corrected chi connectivity index (χ2v) is 4.75. The summed E-state index contributed by atoms with van der Waals surface area (Å²) >= 11 is 0. The number of furan rings is 1. The van der Waals surface area contributed by atoms with Crippen LogP contribution in [0, 0.1) is 5.92 Å². The second-order valence-electron chi connectivity index (χ2n) is 4.75. The molecule has 1 fully saturated rings. The lowest BCUT2D eigenvalue weighted by Crippen LogP contribution is -2.16. The molecule has 0 aromatic carbocycles. The molecule has 2 atom stereocenters. The van der Waals surface area contributed by atoms with Gasteiger partial charge in [0.05, 0.1) is 11.6 Å². The van der Waals surface area contributed by atoms with Crippen molar-refractivity contribution >= 4 is 16.8 Å². The van der Waals surface area contributed by atoms with E-state index < -0.39 is 0 Å². The van der Waals surface area contributed by atoms with Gasteiger partial charge >= 0.3 is 0 Å². The Bertz CT molecular complexity index is 491. The van der Waals surface area contributed by atoms with Gasteiger partial charge in [-0.1, -0.05) is 6.92 Å². The molecule has 2 aromatic rings. The van der Waals surface area contributed by atoms with E-state index in [1.807, 2.05) is 12.1 Å². The van der Waals surface area contributed by atoms with Crippen molar-refractivity contribution in [2.75, 3.05) is 5.32 Å². The number of nitrogens with zero attached hydrogens (tertiary/aromatic N) is 1. The van der Waals surface area contributed by atoms with Crippen molar-refractivity contribution in [2.45, 2.75) is 32.2 Å². The van der Waals surface area contributed by atoms with Crippen molar-refractivity contribution in [3.05, 3.63) is 24.6 Å². The third-order valence-electron chi connectivity index (χ3n) is 3.42. The van der Waals surface area contributed by atoms with Gasteiger partial charge in [0.1, 0.15) is 11.4 Å². The molecule has 3 nitrogen and oxygen atoms in total. The molecule has 0 spiro atoms. The molecule has 0 aliphatic heterocycles. The first kappa shape index (κ1) is 9.70. The summed E-state index contributed by atoms with van der Waals surface area (Å²) in [5, 5.41) is 4.61. The van der Waals surface area contributed by atoms with Crippen LogP contribution in [0.5, 0.6) is 0 Å². The number of pyridine rings is 1. The summed E-state index contributed by atoms with van der Waals surface area (Å²) in [5.41, 5.74) is 0.906. The van der Waals surface area contributed by atoms with Crippen molar-refractivity contribution in [3.8, 4) is 0 Å². The summed E-state index contributed by atoms with van der Waals surface area (Å²) in [6.45, 7) is 2.31. The van der Waals surface area contributed by atoms with Crippen LogP contribution in [0.3, 0.4) is 0 Å². The number of hydrogen-bond acceptors (Lipinski definition) is 3. The average molecular weight is 216 g/mol. The Kier molecular flexibility index (Phi) is 2.31. The molecule has 2 unspecified atom stereocenters. The van der Waals surface area contributed by atoms with Gasteiger partial charge in [-0.25, -0.2) is 4.98 Å². The number of aromatic nitrogens is 1. The van der Waals surface area contributed by atoms with E-state index in [4.69, 9.17) is 4.42 Å². The Balaban J connectivity index is 1.86. The second kappa shape index (κ2) is 3.81. The Morgan fingerprint density at radius 3 is 3.12 bits per heavy atom. The number of nitrogens with one attached hydrogen (secondary N) is 1. The lowest BCUT2D eigenvalue weighted by molar-refractivity contribution is 0.602. The molecule has 2 heterocycles. The van der Waals surface area contributed by atoms with Gasteiger partial charge in [0.2, 0.25) is 0 Å². The van der Waals surface area contributed by atoms with Crippen LogP contribution in [0.1, 0.15) is 26.2 Å². The average Bonchev–Trinajstić information content (AvgIpc) is 2.87. The van der Waals surface area contributed by atoms with E-state index in [2.05, 4.69) is 17.2 Å². The van der Waals surface area contributed by atoms with Gasteiger partial charge in [-0.15, -0.1) is 0 Å². The Labute approximate surface area is 94.9 Å². The molecule has 3 heteroatoms. The van der Waals surface area contributed by atoms with Crippen LogP contribution in [0.4, 0.5) is 5.82 Å². The highest BCUT2D eigenvalue weighted by Gasteiger charge is 2.21. The summed E-state index contributed by atoms with van der Waals surface area (Å²) in [5.74, 6) is 1.80. The van der Waals surface area contributed by atoms with E-state index >= 15 is 0 Å². The quantitative estimate of drug-likeness (QED) is 0.835. The highest BCUT2D eigenvalue weighted by molar-refractivity contribution is 5.87. The van der Waals surface area contributed by atoms with Crippen molar-refractivity contribution in [3.63, 3.8) is 0 Å². The van der Waals surface area contributed by atoms with Gasteiger partial charge in [0.15, 0.2) is 0 Å². The molecule has 2 aromatic heterocycles. The third-order valence-corrected chi connectivity index (χ3v) is 3.42. The molecule has 0 saturated heterocycles. The molecule has 1 aliphatic rings. The van der Waals surface area contributed by atoms with Crippen molar-refractivity contribution in [1.29, 1.82) is 0 Å². The molecule has 1 N–H and O–H groups in total. The lowest BCUT2D eigenvalue weighted by atomic mass is 10.1. The fraction of sp³-hybridized carbons (Fsp3) is 0.462. The fourth-order valence-corrected chi connectivity index (χ4v) is 2.54. The Morgan fingerprint density at radius 1 is 1.38 bits per heavy atom. The summed E-state index contributed by atoms with van der Waals surface area (Å²) in [6.07, 6.45) is 7.33. The van der Waals surface area contributed by atoms with Crippen molar-refractivity contribution < 1.29 is 4.42 Å². The summed E-state index contributed by atoms with van der Waals surface area (Å²) < 4.78 is 5.36. The van der Waals surface area contributed by atoms with Crippen LogP contribution in [-0.2, 0) is 0 Å². The van der Waals surface area contributed by atoms with Gasteiger partial charge in [-0.05, 0) is 37.3 Å². The van der Waals surface area contributed by atoms with Crippen LogP contribution in [0.25, 0.3) is 11.0 Å². The predicted octanol–water partition coefficient (Wildman–Crippen LogP) is 3.43. The van der Waals surface area contributed by atoms with Gasteiger partial charge in [-0.2, -0.15) is 0 Å². The molecule has 3 rings (SSSR count). The molecule has 84 valence electrons. The smallest absolute Gasteiger partial charge is 0.139 e. The van der Waals surface area contributed by atoms with Crippen LogP contribution < -0.4 is 5.32 Å². The minimum absolute atomic E-state index is 0.572. The molecule has 0 amide bonds. The maximum absolute atomic E-state index is 5.36. The van der Waals surface area contributed by atoms with Crippen LogP contribution in [0.15, 0.2) is 29.0 Å². The topological polar surface area (TPSA) is 38.1 Å². The van der Waals surface area contributed by atoms with Crippen molar-refractivity contribution in [2.24, 2.45) is 5.92 Å². The zero-order valence-corrected chi connectivity index (χ0v) is 9.44. The highest BCUT2D eigenvalue weighted by atomic mass is 16.3. The minimum Gasteiger partial charge on any atom is -0.464 e. The summed E-state index contributed by atoms with van der Waals surface area (Å²) in [6, 6.07) is 4.45. The summed E-state index contributed by atoms with van der Waals surface area (Å²) in [7, 11) is 0. The maximum Gasteiger partial charge on any atom is 0.139 e. The molecule has 1 saturated carbocycles. The molecule has 0 radical (unpaired) electrons. The van der Waals surface area contributed by atoms with Crippen LogP contribution >= 0.6 is 0 Å². The molecular formula is C13H16N2O. The van der Waals surface area contributed by atoms with E-state index in [0.29, 0.717) is 6.04 Å². The third kappa shape index (κ3) is 1.66. The van der Waals surface area contributed by atoms with E-state index in [9.17, 15) is 0 Å². The first-order valence-electron chi connectivity index (χ1n) is 5.91. The maximum atomic E-state index is 5.36. The zero-order valence-electron chi connectivity index (χ0n) is 9.44.